The molecular formula is C16H18N2O3S. The van der Waals surface area contributed by atoms with Gasteiger partial charge in [0.15, 0.2) is 0 Å². The fraction of sp³-hybridized carbons (Fsp3) is 0.375. The Bertz CT molecular complexity index is 725. The van der Waals surface area contributed by atoms with E-state index in [0.717, 1.165) is 28.5 Å². The van der Waals surface area contributed by atoms with Crippen molar-refractivity contribution in [1.29, 1.82) is 0 Å². The Morgan fingerprint density at radius 1 is 1.41 bits per heavy atom. The Hall–Kier alpha value is -2.08. The van der Waals surface area contributed by atoms with Crippen LogP contribution in [0.15, 0.2) is 24.3 Å². The van der Waals surface area contributed by atoms with Crippen molar-refractivity contribution in [3.63, 3.8) is 0 Å². The molecule has 6 heteroatoms. The van der Waals surface area contributed by atoms with Gasteiger partial charge in [-0.25, -0.2) is 9.59 Å². The number of primary amides is 1. The molecule has 1 aromatic heterocycles. The van der Waals surface area contributed by atoms with Gasteiger partial charge in [-0.05, 0) is 36.8 Å². The summed E-state index contributed by atoms with van der Waals surface area (Å²) in [6.07, 6.45) is 1.72. The van der Waals surface area contributed by atoms with Crippen LogP contribution in [-0.2, 0) is 4.74 Å². The number of nitrogens with two attached hydrogens (primary N) is 1. The number of urea groups is 1. The number of ether oxygens (including phenoxy) is 1. The van der Waals surface area contributed by atoms with Crippen molar-refractivity contribution in [2.75, 3.05) is 13.2 Å². The van der Waals surface area contributed by atoms with Crippen LogP contribution in [0.3, 0.4) is 0 Å². The molecule has 1 aliphatic heterocycles. The highest BCUT2D eigenvalue weighted by molar-refractivity contribution is 7.21. The number of likely N-dealkylation sites (tertiary alicyclic amines) is 1. The molecular weight excluding hydrogens is 300 g/mol. The molecule has 2 aromatic rings. The maximum absolute atomic E-state index is 12.3. The molecule has 2 heterocycles. The summed E-state index contributed by atoms with van der Waals surface area (Å²) in [4.78, 5) is 25.8. The molecule has 1 fully saturated rings. The number of esters is 1. The highest BCUT2D eigenvalue weighted by atomic mass is 32.1. The van der Waals surface area contributed by atoms with Crippen molar-refractivity contribution in [2.24, 2.45) is 5.73 Å². The minimum Gasteiger partial charge on any atom is -0.459 e. The highest BCUT2D eigenvalue weighted by Crippen LogP contribution is 2.31. The first-order chi connectivity index (χ1) is 10.6. The second kappa shape index (κ2) is 5.96. The summed E-state index contributed by atoms with van der Waals surface area (Å²) in [6, 6.07) is 7.36. The number of thiophene rings is 1. The molecule has 2 amide bonds. The Morgan fingerprint density at radius 2 is 2.18 bits per heavy atom. The number of hydrogen-bond donors (Lipinski definition) is 1. The summed E-state index contributed by atoms with van der Waals surface area (Å²) < 4.78 is 6.50. The van der Waals surface area contributed by atoms with Crippen molar-refractivity contribution < 1.29 is 14.3 Å². The minimum absolute atomic E-state index is 0.101. The molecule has 0 spiro atoms. The van der Waals surface area contributed by atoms with E-state index in [2.05, 4.69) is 0 Å². The van der Waals surface area contributed by atoms with Crippen LogP contribution < -0.4 is 5.73 Å². The van der Waals surface area contributed by atoms with Crippen molar-refractivity contribution in [2.45, 2.75) is 25.8 Å². The van der Waals surface area contributed by atoms with E-state index in [0.29, 0.717) is 11.4 Å². The first-order valence-electron chi connectivity index (χ1n) is 7.29. The van der Waals surface area contributed by atoms with E-state index in [1.54, 1.807) is 4.90 Å². The Balaban J connectivity index is 1.71. The van der Waals surface area contributed by atoms with E-state index in [1.165, 1.54) is 11.3 Å². The lowest BCUT2D eigenvalue weighted by Gasteiger charge is -2.22. The van der Waals surface area contributed by atoms with E-state index in [1.807, 2.05) is 31.2 Å². The van der Waals surface area contributed by atoms with Crippen LogP contribution in [-0.4, -0.2) is 36.1 Å². The third-order valence-electron chi connectivity index (χ3n) is 4.10. The van der Waals surface area contributed by atoms with Crippen molar-refractivity contribution in [3.05, 3.63) is 34.7 Å². The molecule has 1 aromatic carbocycles. The molecule has 116 valence electrons. The van der Waals surface area contributed by atoms with E-state index in [9.17, 15) is 9.59 Å². The molecule has 1 atom stereocenters. The lowest BCUT2D eigenvalue weighted by Crippen LogP contribution is -2.41. The zero-order valence-electron chi connectivity index (χ0n) is 12.4. The number of fused-ring (bicyclic) bond motifs is 1. The summed E-state index contributed by atoms with van der Waals surface area (Å²) in [7, 11) is 0. The molecule has 0 bridgehead atoms. The smallest absolute Gasteiger partial charge is 0.348 e. The van der Waals surface area contributed by atoms with Crippen LogP contribution in [0.1, 0.15) is 28.1 Å². The number of aryl methyl sites for hydroxylation is 1. The lowest BCUT2D eigenvalue weighted by atomic mass is 10.1. The van der Waals surface area contributed by atoms with Crippen LogP contribution in [0.4, 0.5) is 4.79 Å². The molecule has 22 heavy (non-hydrogen) atoms. The van der Waals surface area contributed by atoms with Gasteiger partial charge in [0.2, 0.25) is 0 Å². The van der Waals surface area contributed by atoms with Crippen LogP contribution in [0.25, 0.3) is 10.1 Å². The van der Waals surface area contributed by atoms with Gasteiger partial charge in [-0.3, -0.25) is 0 Å². The number of hydrogen-bond acceptors (Lipinski definition) is 4. The second-order valence-corrected chi connectivity index (χ2v) is 6.53. The molecule has 2 N–H and O–H groups in total. The maximum Gasteiger partial charge on any atom is 0.348 e. The van der Waals surface area contributed by atoms with Gasteiger partial charge >= 0.3 is 12.0 Å². The minimum atomic E-state index is -0.448. The Kier molecular flexibility index (Phi) is 4.02. The first-order valence-corrected chi connectivity index (χ1v) is 8.11. The number of rotatable bonds is 3. The van der Waals surface area contributed by atoms with Crippen molar-refractivity contribution >= 4 is 33.4 Å². The van der Waals surface area contributed by atoms with Crippen molar-refractivity contribution in [1.82, 2.24) is 4.90 Å². The average molecular weight is 318 g/mol. The topological polar surface area (TPSA) is 72.6 Å². The quantitative estimate of drug-likeness (QED) is 0.884. The number of benzene rings is 1. The van der Waals surface area contributed by atoms with Gasteiger partial charge in [-0.1, -0.05) is 18.2 Å². The van der Waals surface area contributed by atoms with Crippen LogP contribution >= 0.6 is 11.3 Å². The molecule has 0 aliphatic carbocycles. The maximum atomic E-state index is 12.3. The van der Waals surface area contributed by atoms with Crippen LogP contribution in [0, 0.1) is 6.92 Å². The highest BCUT2D eigenvalue weighted by Gasteiger charge is 2.28. The number of carbonyl (C=O) groups is 2. The van der Waals surface area contributed by atoms with Gasteiger partial charge < -0.3 is 15.4 Å². The first kappa shape index (κ1) is 14.8. The summed E-state index contributed by atoms with van der Waals surface area (Å²) in [5, 5.41) is 1.08. The van der Waals surface area contributed by atoms with Crippen LogP contribution in [0.5, 0.6) is 0 Å². The van der Waals surface area contributed by atoms with Gasteiger partial charge in [0, 0.05) is 11.2 Å². The summed E-state index contributed by atoms with van der Waals surface area (Å²) >= 11 is 1.44. The fourth-order valence-corrected chi connectivity index (χ4v) is 4.01. The van der Waals surface area contributed by atoms with Gasteiger partial charge in [0.25, 0.3) is 0 Å². The van der Waals surface area contributed by atoms with E-state index in [-0.39, 0.29) is 18.6 Å². The molecule has 3 rings (SSSR count). The summed E-state index contributed by atoms with van der Waals surface area (Å²) in [6.45, 7) is 2.77. The molecule has 5 nitrogen and oxygen atoms in total. The number of carbonyl (C=O) groups excluding carboxylic acids is 2. The Labute approximate surface area is 132 Å². The molecule has 1 aliphatic rings. The third kappa shape index (κ3) is 2.66. The van der Waals surface area contributed by atoms with E-state index < -0.39 is 6.03 Å². The van der Waals surface area contributed by atoms with E-state index in [4.69, 9.17) is 10.5 Å². The van der Waals surface area contributed by atoms with Gasteiger partial charge in [0.1, 0.15) is 11.5 Å². The van der Waals surface area contributed by atoms with Crippen LogP contribution in [0.2, 0.25) is 0 Å². The van der Waals surface area contributed by atoms with Crippen molar-refractivity contribution in [3.8, 4) is 0 Å². The number of amides is 2. The van der Waals surface area contributed by atoms with E-state index >= 15 is 0 Å². The Morgan fingerprint density at radius 3 is 2.91 bits per heavy atom. The summed E-state index contributed by atoms with van der Waals surface area (Å²) in [5.41, 5.74) is 6.28. The third-order valence-corrected chi connectivity index (χ3v) is 5.35. The zero-order chi connectivity index (χ0) is 15.7. The second-order valence-electron chi connectivity index (χ2n) is 5.48. The molecule has 0 saturated carbocycles. The zero-order valence-corrected chi connectivity index (χ0v) is 13.2. The molecule has 1 unspecified atom stereocenters. The van der Waals surface area contributed by atoms with Gasteiger partial charge in [0.05, 0.1) is 6.04 Å². The standard InChI is InChI=1S/C16H18N2O3S/c1-10-12-6-2-3-7-13(12)22-14(10)15(19)21-9-11-5-4-8-18(11)16(17)20/h2-3,6-7,11H,4-5,8-9H2,1H3,(H2,17,20). The normalized spacial score (nSPS) is 17.9. The number of nitrogens with zero attached hydrogens (tertiary/aromatic N) is 1. The van der Waals surface area contributed by atoms with Gasteiger partial charge in [-0.2, -0.15) is 0 Å². The van der Waals surface area contributed by atoms with Gasteiger partial charge in [-0.15, -0.1) is 11.3 Å². The molecule has 1 saturated heterocycles. The SMILES string of the molecule is Cc1c(C(=O)OCC2CCCN2C(N)=O)sc2ccccc12. The monoisotopic (exact) mass is 318 g/mol. The fourth-order valence-electron chi connectivity index (χ4n) is 2.91. The predicted octanol–water partition coefficient (Wildman–Crippen LogP) is 2.91. The molecule has 0 radical (unpaired) electrons. The predicted molar refractivity (Wildman–Crippen MR) is 86.2 cm³/mol. The largest absolute Gasteiger partial charge is 0.459 e. The average Bonchev–Trinajstić information content (AvgIpc) is 3.10. The lowest BCUT2D eigenvalue weighted by molar-refractivity contribution is 0.0427. The summed E-state index contributed by atoms with van der Waals surface area (Å²) in [5.74, 6) is -0.324.